The first-order valence-electron chi connectivity index (χ1n) is 8.59. The number of benzene rings is 1. The third-order valence-electron chi connectivity index (χ3n) is 4.60. The molecule has 3 N–H and O–H groups in total. The summed E-state index contributed by atoms with van der Waals surface area (Å²) in [5, 5.41) is 20.8. The second-order valence-electron chi connectivity index (χ2n) is 6.58. The Bertz CT molecular complexity index is 1100. The Hall–Kier alpha value is -2.43. The summed E-state index contributed by atoms with van der Waals surface area (Å²) in [5.41, 5.74) is -0.425. The van der Waals surface area contributed by atoms with Gasteiger partial charge in [-0.1, -0.05) is 29.3 Å². The predicted octanol–water partition coefficient (Wildman–Crippen LogP) is 5.87. The number of nitrogens with one attached hydrogen (secondary N) is 2. The van der Waals surface area contributed by atoms with Crippen molar-refractivity contribution in [3.05, 3.63) is 56.3 Å². The summed E-state index contributed by atoms with van der Waals surface area (Å²) in [6.45, 7) is 0. The number of aromatic nitrogens is 2. The second-order valence-corrected chi connectivity index (χ2v) is 8.37. The van der Waals surface area contributed by atoms with Crippen LogP contribution in [0.15, 0.2) is 35.7 Å². The molecule has 1 aliphatic rings. The van der Waals surface area contributed by atoms with Crippen LogP contribution in [-0.4, -0.2) is 27.0 Å². The van der Waals surface area contributed by atoms with Gasteiger partial charge in [0, 0.05) is 16.3 Å². The molecule has 0 radical (unpaired) electrons. The van der Waals surface area contributed by atoms with Crippen molar-refractivity contribution in [1.82, 2.24) is 9.78 Å². The number of rotatable bonds is 3. The average molecular weight is 477 g/mol. The lowest BCUT2D eigenvalue weighted by Crippen LogP contribution is -2.35. The van der Waals surface area contributed by atoms with Crippen LogP contribution in [0.2, 0.25) is 10.0 Å². The molecule has 1 amide bonds. The SMILES string of the molecule is O=C(Nc1cc(Cl)ccc1O)c1nn2c(c1Cl)N[C@@H](c1cccs1)C[C@@H]2C(F)(F)F. The molecule has 0 bridgehead atoms. The number of thiophene rings is 1. The highest BCUT2D eigenvalue weighted by Gasteiger charge is 2.48. The van der Waals surface area contributed by atoms with Crippen molar-refractivity contribution in [2.45, 2.75) is 24.7 Å². The van der Waals surface area contributed by atoms with Gasteiger partial charge in [-0.05, 0) is 29.6 Å². The highest BCUT2D eigenvalue weighted by atomic mass is 35.5. The van der Waals surface area contributed by atoms with Gasteiger partial charge in [-0.3, -0.25) is 4.79 Å². The van der Waals surface area contributed by atoms with Gasteiger partial charge in [0.25, 0.3) is 5.91 Å². The van der Waals surface area contributed by atoms with Gasteiger partial charge in [0.15, 0.2) is 11.7 Å². The maximum atomic E-state index is 13.7. The van der Waals surface area contributed by atoms with Crippen LogP contribution < -0.4 is 10.6 Å². The summed E-state index contributed by atoms with van der Waals surface area (Å²) < 4.78 is 41.9. The largest absolute Gasteiger partial charge is 0.506 e. The molecular formula is C18H13Cl2F3N4O2S. The van der Waals surface area contributed by atoms with E-state index < -0.39 is 29.9 Å². The summed E-state index contributed by atoms with van der Waals surface area (Å²) >= 11 is 13.4. The standard InChI is InChI=1S/C18H13Cl2F3N4O2S/c19-8-3-4-11(28)9(6-8)25-17(29)15-14(20)16-24-10(12-2-1-5-30-12)7-13(18(21,22)23)27(16)26-15/h1-6,10,13,24,28H,7H2,(H,25,29)/t10-,13-/m1/s1. The lowest BCUT2D eigenvalue weighted by Gasteiger charge is -2.32. The number of fused-ring (bicyclic) bond motifs is 1. The van der Waals surface area contributed by atoms with E-state index in [1.165, 1.54) is 29.5 Å². The number of amides is 1. The Morgan fingerprint density at radius 1 is 1.33 bits per heavy atom. The quantitative estimate of drug-likeness (QED) is 0.413. The van der Waals surface area contributed by atoms with Crippen molar-refractivity contribution in [2.24, 2.45) is 0 Å². The lowest BCUT2D eigenvalue weighted by molar-refractivity contribution is -0.173. The van der Waals surface area contributed by atoms with Gasteiger partial charge in [0.1, 0.15) is 16.6 Å². The number of hydrogen-bond donors (Lipinski definition) is 3. The van der Waals surface area contributed by atoms with Gasteiger partial charge in [-0.15, -0.1) is 11.3 Å². The molecule has 0 saturated carbocycles. The maximum absolute atomic E-state index is 13.7. The Morgan fingerprint density at radius 2 is 2.10 bits per heavy atom. The monoisotopic (exact) mass is 476 g/mol. The molecule has 0 spiro atoms. The highest BCUT2D eigenvalue weighted by molar-refractivity contribution is 7.10. The molecule has 1 aliphatic heterocycles. The number of anilines is 2. The smallest absolute Gasteiger partial charge is 0.410 e. The molecule has 2 aromatic heterocycles. The third-order valence-corrected chi connectivity index (χ3v) is 6.18. The third kappa shape index (κ3) is 3.82. The number of aromatic hydroxyl groups is 1. The zero-order valence-corrected chi connectivity index (χ0v) is 17.2. The molecule has 0 saturated heterocycles. The number of alkyl halides is 3. The molecule has 0 fully saturated rings. The zero-order chi connectivity index (χ0) is 21.6. The summed E-state index contributed by atoms with van der Waals surface area (Å²) in [6.07, 6.45) is -4.90. The van der Waals surface area contributed by atoms with Crippen LogP contribution in [0.25, 0.3) is 0 Å². The summed E-state index contributed by atoms with van der Waals surface area (Å²) in [6, 6.07) is 4.86. The van der Waals surface area contributed by atoms with Gasteiger partial charge in [0.2, 0.25) is 0 Å². The molecule has 1 aromatic carbocycles. The summed E-state index contributed by atoms with van der Waals surface area (Å²) in [4.78, 5) is 13.4. The minimum atomic E-state index is -4.60. The normalized spacial score (nSPS) is 18.6. The zero-order valence-electron chi connectivity index (χ0n) is 14.9. The van der Waals surface area contributed by atoms with Crippen LogP contribution in [0.4, 0.5) is 24.7 Å². The first kappa shape index (κ1) is 20.8. The molecule has 0 unspecified atom stereocenters. The fourth-order valence-corrected chi connectivity index (χ4v) is 4.43. The number of hydrogen-bond acceptors (Lipinski definition) is 5. The maximum Gasteiger partial charge on any atom is 0.410 e. The summed E-state index contributed by atoms with van der Waals surface area (Å²) in [7, 11) is 0. The number of phenols is 1. The lowest BCUT2D eigenvalue weighted by atomic mass is 10.0. The van der Waals surface area contributed by atoms with Crippen molar-refractivity contribution < 1.29 is 23.1 Å². The van der Waals surface area contributed by atoms with Crippen LogP contribution in [0.3, 0.4) is 0 Å². The Labute approximate surface area is 182 Å². The number of carbonyl (C=O) groups excluding carboxylic acids is 1. The molecule has 158 valence electrons. The molecular weight excluding hydrogens is 464 g/mol. The van der Waals surface area contributed by atoms with E-state index in [2.05, 4.69) is 15.7 Å². The first-order chi connectivity index (χ1) is 14.1. The second kappa shape index (κ2) is 7.68. The van der Waals surface area contributed by atoms with Gasteiger partial charge in [-0.25, -0.2) is 4.68 Å². The van der Waals surface area contributed by atoms with Crippen LogP contribution >= 0.6 is 34.5 Å². The number of carbonyl (C=O) groups is 1. The Kier molecular flexibility index (Phi) is 5.33. The molecule has 12 heteroatoms. The van der Waals surface area contributed by atoms with E-state index in [0.717, 1.165) is 0 Å². The van der Waals surface area contributed by atoms with Crippen molar-refractivity contribution in [3.63, 3.8) is 0 Å². The molecule has 2 atom stereocenters. The molecule has 4 rings (SSSR count). The van der Waals surface area contributed by atoms with Crippen molar-refractivity contribution in [3.8, 4) is 5.75 Å². The van der Waals surface area contributed by atoms with Crippen LogP contribution in [0.1, 0.15) is 33.9 Å². The average Bonchev–Trinajstić information content (AvgIpc) is 3.32. The van der Waals surface area contributed by atoms with E-state index in [-0.39, 0.29) is 33.7 Å². The Morgan fingerprint density at radius 3 is 2.77 bits per heavy atom. The van der Waals surface area contributed by atoms with E-state index in [9.17, 15) is 23.1 Å². The van der Waals surface area contributed by atoms with Gasteiger partial charge < -0.3 is 15.7 Å². The summed E-state index contributed by atoms with van der Waals surface area (Å²) in [5.74, 6) is -1.24. The number of halogens is 5. The van der Waals surface area contributed by atoms with E-state index in [1.54, 1.807) is 17.5 Å². The fraction of sp³-hybridized carbons (Fsp3) is 0.222. The van der Waals surface area contributed by atoms with E-state index >= 15 is 0 Å². The van der Waals surface area contributed by atoms with Crippen LogP contribution in [0, 0.1) is 0 Å². The fourth-order valence-electron chi connectivity index (χ4n) is 3.20. The van der Waals surface area contributed by atoms with Crippen molar-refractivity contribution in [2.75, 3.05) is 10.6 Å². The topological polar surface area (TPSA) is 79.2 Å². The van der Waals surface area contributed by atoms with Crippen LogP contribution in [0.5, 0.6) is 5.75 Å². The number of phenolic OH excluding ortho intramolecular Hbond substituents is 1. The van der Waals surface area contributed by atoms with Gasteiger partial charge in [0.05, 0.1) is 11.7 Å². The van der Waals surface area contributed by atoms with E-state index in [4.69, 9.17) is 23.2 Å². The van der Waals surface area contributed by atoms with Gasteiger partial charge in [-0.2, -0.15) is 18.3 Å². The molecule has 3 aromatic rings. The van der Waals surface area contributed by atoms with Gasteiger partial charge >= 0.3 is 6.18 Å². The minimum absolute atomic E-state index is 0.0219. The molecule has 30 heavy (non-hydrogen) atoms. The molecule has 3 heterocycles. The van der Waals surface area contributed by atoms with Crippen molar-refractivity contribution >= 4 is 52.0 Å². The molecule has 6 nitrogen and oxygen atoms in total. The van der Waals surface area contributed by atoms with E-state index in [0.29, 0.717) is 9.56 Å². The van der Waals surface area contributed by atoms with Crippen LogP contribution in [-0.2, 0) is 0 Å². The Balaban J connectivity index is 1.71. The minimum Gasteiger partial charge on any atom is -0.506 e. The first-order valence-corrected chi connectivity index (χ1v) is 10.2. The van der Waals surface area contributed by atoms with Crippen molar-refractivity contribution in [1.29, 1.82) is 0 Å². The van der Waals surface area contributed by atoms with E-state index in [1.807, 2.05) is 0 Å². The molecule has 0 aliphatic carbocycles. The predicted molar refractivity (Wildman–Crippen MR) is 109 cm³/mol. The number of nitrogens with zero attached hydrogens (tertiary/aromatic N) is 2. The highest BCUT2D eigenvalue weighted by Crippen LogP contribution is 2.47.